The summed E-state index contributed by atoms with van der Waals surface area (Å²) >= 11 is 12.2. The zero-order chi connectivity index (χ0) is 10.7. The fourth-order valence-electron chi connectivity index (χ4n) is 0.613. The minimum Gasteiger partial charge on any atom is -0.475 e. The largest absolute Gasteiger partial charge is 0.475 e. The molecule has 0 amide bonds. The first-order chi connectivity index (χ1) is 6.50. The molecular weight excluding hydrogens is 249 g/mol. The van der Waals surface area contributed by atoms with Crippen molar-refractivity contribution in [1.29, 1.82) is 0 Å². The van der Waals surface area contributed by atoms with Crippen molar-refractivity contribution in [2.75, 3.05) is 0 Å². The lowest BCUT2D eigenvalue weighted by atomic mass is 10.3. The summed E-state index contributed by atoms with van der Waals surface area (Å²) < 4.78 is 0.234. The maximum atomic E-state index is 10.7. The van der Waals surface area contributed by atoms with Crippen LogP contribution in [0.1, 0.15) is 4.88 Å². The van der Waals surface area contributed by atoms with Crippen LogP contribution in [0.5, 0.6) is 0 Å². The van der Waals surface area contributed by atoms with Gasteiger partial charge in [0.1, 0.15) is 5.15 Å². The van der Waals surface area contributed by atoms with Gasteiger partial charge in [-0.1, -0.05) is 23.2 Å². The van der Waals surface area contributed by atoms with Gasteiger partial charge in [0, 0.05) is 0 Å². The van der Waals surface area contributed by atoms with Crippen LogP contribution in [0.4, 0.5) is 0 Å². The topological polar surface area (TPSA) is 67.3 Å². The molecular formula is C7H3Cl2NO3S. The number of thiazole rings is 1. The molecule has 0 radical (unpaired) electrons. The number of hydrogen-bond donors (Lipinski definition) is 1. The standard InChI is InChI=1S/C7H3Cl2NO3S/c8-5-4(14-7(9)10-5)2-1-3(11)6(12)13/h1-2H,(H,12,13)/b2-1+. The molecule has 0 unspecified atom stereocenters. The molecule has 0 bridgehead atoms. The molecule has 0 atom stereocenters. The zero-order valence-electron chi connectivity index (χ0n) is 6.53. The number of aromatic nitrogens is 1. The minimum absolute atomic E-state index is 0.148. The van der Waals surface area contributed by atoms with Crippen LogP contribution in [0.3, 0.4) is 0 Å². The number of carboxylic acids is 1. The van der Waals surface area contributed by atoms with Crippen molar-refractivity contribution >= 4 is 52.4 Å². The molecule has 0 aromatic carbocycles. The fourth-order valence-corrected chi connectivity index (χ4v) is 1.89. The van der Waals surface area contributed by atoms with E-state index in [-0.39, 0.29) is 9.62 Å². The van der Waals surface area contributed by atoms with E-state index in [1.54, 1.807) is 0 Å². The van der Waals surface area contributed by atoms with Crippen LogP contribution < -0.4 is 0 Å². The van der Waals surface area contributed by atoms with Gasteiger partial charge in [-0.3, -0.25) is 4.79 Å². The second-order valence-corrected chi connectivity index (χ2v) is 4.10. The molecule has 4 nitrogen and oxygen atoms in total. The lowest BCUT2D eigenvalue weighted by molar-refractivity contribution is -0.146. The van der Waals surface area contributed by atoms with Gasteiger partial charge in [-0.2, -0.15) is 0 Å². The Hall–Kier alpha value is -0.910. The number of carbonyl (C=O) groups is 2. The number of carboxylic acid groups (broad SMARTS) is 1. The van der Waals surface area contributed by atoms with E-state index < -0.39 is 11.8 Å². The van der Waals surface area contributed by atoms with Gasteiger partial charge in [-0.05, 0) is 12.2 Å². The van der Waals surface area contributed by atoms with Crippen LogP contribution in [0.25, 0.3) is 6.08 Å². The third-order valence-corrected chi connectivity index (χ3v) is 2.71. The molecule has 0 saturated carbocycles. The van der Waals surface area contributed by atoms with E-state index >= 15 is 0 Å². The first kappa shape index (κ1) is 11.2. The predicted molar refractivity (Wildman–Crippen MR) is 53.8 cm³/mol. The lowest BCUT2D eigenvalue weighted by Crippen LogP contribution is -2.08. The molecule has 14 heavy (non-hydrogen) atoms. The van der Waals surface area contributed by atoms with Crippen LogP contribution in [0, 0.1) is 0 Å². The summed E-state index contributed by atoms with van der Waals surface area (Å²) in [5.74, 6) is -2.54. The summed E-state index contributed by atoms with van der Waals surface area (Å²) in [6.07, 6.45) is 2.17. The number of hydrogen-bond acceptors (Lipinski definition) is 4. The lowest BCUT2D eigenvalue weighted by Gasteiger charge is -1.84. The maximum absolute atomic E-state index is 10.7. The first-order valence-corrected chi connectivity index (χ1v) is 4.85. The SMILES string of the molecule is O=C(O)C(=O)/C=C/c1sc(Cl)nc1Cl. The number of ketones is 1. The zero-order valence-corrected chi connectivity index (χ0v) is 8.86. The van der Waals surface area contributed by atoms with Gasteiger partial charge in [0.25, 0.3) is 5.78 Å². The van der Waals surface area contributed by atoms with Crippen molar-refractivity contribution in [2.24, 2.45) is 0 Å². The Balaban J connectivity index is 2.83. The highest BCUT2D eigenvalue weighted by Crippen LogP contribution is 2.27. The van der Waals surface area contributed by atoms with Gasteiger partial charge in [0.2, 0.25) is 0 Å². The van der Waals surface area contributed by atoms with Crippen LogP contribution in [-0.2, 0) is 9.59 Å². The van der Waals surface area contributed by atoms with Crippen molar-refractivity contribution in [2.45, 2.75) is 0 Å². The van der Waals surface area contributed by atoms with E-state index in [0.29, 0.717) is 4.88 Å². The Bertz CT molecular complexity index is 413. The highest BCUT2D eigenvalue weighted by Gasteiger charge is 2.08. The quantitative estimate of drug-likeness (QED) is 0.660. The molecule has 1 aromatic rings. The molecule has 74 valence electrons. The average molecular weight is 252 g/mol. The Morgan fingerprint density at radius 2 is 2.07 bits per heavy atom. The van der Waals surface area contributed by atoms with Crippen LogP contribution in [0.2, 0.25) is 9.62 Å². The summed E-state index contributed by atoms with van der Waals surface area (Å²) in [5.41, 5.74) is 0. The maximum Gasteiger partial charge on any atom is 0.376 e. The van der Waals surface area contributed by atoms with E-state index in [0.717, 1.165) is 17.4 Å². The first-order valence-electron chi connectivity index (χ1n) is 3.28. The molecule has 0 aliphatic carbocycles. The van der Waals surface area contributed by atoms with Crippen LogP contribution in [0.15, 0.2) is 6.08 Å². The number of aliphatic carboxylic acids is 1. The molecule has 0 aliphatic heterocycles. The molecule has 0 fully saturated rings. The Labute approximate surface area is 92.8 Å². The summed E-state index contributed by atoms with van der Waals surface area (Å²) in [7, 11) is 0. The van der Waals surface area contributed by atoms with Crippen molar-refractivity contribution in [3.63, 3.8) is 0 Å². The van der Waals surface area contributed by atoms with Gasteiger partial charge in [-0.25, -0.2) is 9.78 Å². The molecule has 0 saturated heterocycles. The van der Waals surface area contributed by atoms with Gasteiger partial charge in [0.15, 0.2) is 4.47 Å². The monoisotopic (exact) mass is 251 g/mol. The average Bonchev–Trinajstić information content (AvgIpc) is 2.40. The number of carbonyl (C=O) groups excluding carboxylic acids is 1. The molecule has 1 aromatic heterocycles. The molecule has 1 heterocycles. The normalized spacial score (nSPS) is 10.7. The van der Waals surface area contributed by atoms with Crippen LogP contribution in [-0.4, -0.2) is 21.8 Å². The molecule has 0 aliphatic rings. The van der Waals surface area contributed by atoms with Gasteiger partial charge in [-0.15, -0.1) is 11.3 Å². The minimum atomic E-state index is -1.52. The smallest absolute Gasteiger partial charge is 0.376 e. The molecule has 7 heteroatoms. The van der Waals surface area contributed by atoms with E-state index in [1.165, 1.54) is 6.08 Å². The molecule has 1 N–H and O–H groups in total. The summed E-state index contributed by atoms with van der Waals surface area (Å²) in [4.78, 5) is 24.9. The predicted octanol–water partition coefficient (Wildman–Crippen LogP) is 2.12. The Kier molecular flexibility index (Phi) is 3.62. The number of halogens is 2. The number of rotatable bonds is 3. The third-order valence-electron chi connectivity index (χ3n) is 1.18. The van der Waals surface area contributed by atoms with Gasteiger partial charge in [0.05, 0.1) is 4.88 Å². The van der Waals surface area contributed by atoms with E-state index in [1.807, 2.05) is 0 Å². The van der Waals surface area contributed by atoms with Gasteiger partial charge >= 0.3 is 5.97 Å². The summed E-state index contributed by atoms with van der Waals surface area (Å²) in [6, 6.07) is 0. The Morgan fingerprint density at radius 3 is 2.50 bits per heavy atom. The summed E-state index contributed by atoms with van der Waals surface area (Å²) in [5, 5.41) is 8.41. The van der Waals surface area contributed by atoms with Crippen LogP contribution >= 0.6 is 34.5 Å². The van der Waals surface area contributed by atoms with Crippen molar-refractivity contribution in [1.82, 2.24) is 4.98 Å². The number of nitrogens with zero attached hydrogens (tertiary/aromatic N) is 1. The Morgan fingerprint density at radius 1 is 1.43 bits per heavy atom. The second-order valence-electron chi connectivity index (χ2n) is 2.12. The molecule has 0 spiro atoms. The fraction of sp³-hybridized carbons (Fsp3) is 0. The van der Waals surface area contributed by atoms with Crippen molar-refractivity contribution in [3.8, 4) is 0 Å². The van der Waals surface area contributed by atoms with E-state index in [9.17, 15) is 9.59 Å². The highest BCUT2D eigenvalue weighted by molar-refractivity contribution is 7.17. The van der Waals surface area contributed by atoms with Crippen molar-refractivity contribution < 1.29 is 14.7 Å². The van der Waals surface area contributed by atoms with E-state index in [2.05, 4.69) is 4.98 Å². The van der Waals surface area contributed by atoms with Crippen molar-refractivity contribution in [3.05, 3.63) is 20.6 Å². The third kappa shape index (κ3) is 2.80. The second kappa shape index (κ2) is 4.54. The van der Waals surface area contributed by atoms with Gasteiger partial charge < -0.3 is 5.11 Å². The van der Waals surface area contributed by atoms with E-state index in [4.69, 9.17) is 28.3 Å². The summed E-state index contributed by atoms with van der Waals surface area (Å²) in [6.45, 7) is 0. The highest BCUT2D eigenvalue weighted by atomic mass is 35.5. The molecule has 1 rings (SSSR count).